The molecule has 1 aliphatic rings. The third-order valence-electron chi connectivity index (χ3n) is 6.16. The number of fused-ring (bicyclic) bond motifs is 1. The van der Waals surface area contributed by atoms with Crippen LogP contribution in [0.3, 0.4) is 0 Å². The largest absolute Gasteiger partial charge is 0.342 e. The average Bonchev–Trinajstić information content (AvgIpc) is 3.23. The second kappa shape index (κ2) is 9.12. The fourth-order valence-corrected chi connectivity index (χ4v) is 4.51. The van der Waals surface area contributed by atoms with E-state index in [2.05, 4.69) is 22.8 Å². The minimum absolute atomic E-state index is 0.0107. The van der Waals surface area contributed by atoms with Crippen LogP contribution in [-0.2, 0) is 6.54 Å². The van der Waals surface area contributed by atoms with E-state index in [1.807, 2.05) is 47.5 Å². The summed E-state index contributed by atoms with van der Waals surface area (Å²) in [7, 11) is 0. The standard InChI is InChI=1S/C27H24ClN3O2/c28-22-12-10-21(11-13-22)26(32)29-14-16-30(17-15-29)27(33)24-19-31(18-20-6-2-1-3-7-20)25-9-5-4-8-23(24)25/h1-13,19H,14-18H2. The molecule has 1 aromatic heterocycles. The van der Waals surface area contributed by atoms with Crippen LogP contribution in [0.2, 0.25) is 5.02 Å². The van der Waals surface area contributed by atoms with Crippen molar-refractivity contribution in [3.05, 3.63) is 107 Å². The van der Waals surface area contributed by atoms with E-state index in [0.29, 0.717) is 48.9 Å². The number of hydrogen-bond acceptors (Lipinski definition) is 2. The monoisotopic (exact) mass is 457 g/mol. The molecule has 33 heavy (non-hydrogen) atoms. The highest BCUT2D eigenvalue weighted by Crippen LogP contribution is 2.24. The van der Waals surface area contributed by atoms with Gasteiger partial charge in [0, 0.05) is 60.4 Å². The lowest BCUT2D eigenvalue weighted by Crippen LogP contribution is -2.50. The lowest BCUT2D eigenvalue weighted by molar-refractivity contribution is 0.0536. The molecule has 6 heteroatoms. The Hall–Kier alpha value is -3.57. The van der Waals surface area contributed by atoms with Gasteiger partial charge in [-0.15, -0.1) is 0 Å². The van der Waals surface area contributed by atoms with E-state index in [4.69, 9.17) is 11.6 Å². The van der Waals surface area contributed by atoms with Crippen LogP contribution in [0.15, 0.2) is 85.1 Å². The molecular formula is C27H24ClN3O2. The fourth-order valence-electron chi connectivity index (χ4n) is 4.39. The van der Waals surface area contributed by atoms with E-state index in [1.54, 1.807) is 29.2 Å². The number of aromatic nitrogens is 1. The summed E-state index contributed by atoms with van der Waals surface area (Å²) in [5.41, 5.74) is 3.55. The molecule has 0 saturated carbocycles. The van der Waals surface area contributed by atoms with Gasteiger partial charge in [0.15, 0.2) is 0 Å². The highest BCUT2D eigenvalue weighted by Gasteiger charge is 2.27. The van der Waals surface area contributed by atoms with Crippen molar-refractivity contribution < 1.29 is 9.59 Å². The Morgan fingerprint density at radius 1 is 0.727 bits per heavy atom. The first kappa shape index (κ1) is 21.3. The number of carbonyl (C=O) groups excluding carboxylic acids is 2. The predicted octanol–water partition coefficient (Wildman–Crippen LogP) is 4.94. The van der Waals surface area contributed by atoms with Crippen LogP contribution in [0.5, 0.6) is 0 Å². The SMILES string of the molecule is O=C(c1ccc(Cl)cc1)N1CCN(C(=O)c2cn(Cc3ccccc3)c3ccccc23)CC1. The van der Waals surface area contributed by atoms with Crippen molar-refractivity contribution in [2.24, 2.45) is 0 Å². The predicted molar refractivity (Wildman–Crippen MR) is 131 cm³/mol. The third-order valence-corrected chi connectivity index (χ3v) is 6.41. The van der Waals surface area contributed by atoms with Gasteiger partial charge < -0.3 is 14.4 Å². The highest BCUT2D eigenvalue weighted by atomic mass is 35.5. The molecule has 0 aliphatic carbocycles. The zero-order valence-electron chi connectivity index (χ0n) is 18.2. The molecular weight excluding hydrogens is 434 g/mol. The van der Waals surface area contributed by atoms with E-state index in [0.717, 1.165) is 10.9 Å². The maximum Gasteiger partial charge on any atom is 0.256 e. The molecule has 0 unspecified atom stereocenters. The van der Waals surface area contributed by atoms with Gasteiger partial charge in [-0.1, -0.05) is 60.1 Å². The molecule has 5 rings (SSSR count). The van der Waals surface area contributed by atoms with E-state index in [-0.39, 0.29) is 11.8 Å². The maximum atomic E-state index is 13.5. The summed E-state index contributed by atoms with van der Waals surface area (Å²) in [6.45, 7) is 2.75. The molecule has 3 aromatic carbocycles. The van der Waals surface area contributed by atoms with Crippen molar-refractivity contribution in [3.63, 3.8) is 0 Å². The van der Waals surface area contributed by atoms with Crippen molar-refractivity contribution in [2.75, 3.05) is 26.2 Å². The summed E-state index contributed by atoms with van der Waals surface area (Å²) in [6.07, 6.45) is 1.96. The second-order valence-electron chi connectivity index (χ2n) is 8.26. The number of halogens is 1. The van der Waals surface area contributed by atoms with Gasteiger partial charge in [-0.25, -0.2) is 0 Å². The van der Waals surface area contributed by atoms with Crippen LogP contribution < -0.4 is 0 Å². The molecule has 166 valence electrons. The Labute approximate surface area is 197 Å². The van der Waals surface area contributed by atoms with Gasteiger partial charge in [0.05, 0.1) is 5.56 Å². The van der Waals surface area contributed by atoms with Crippen molar-refractivity contribution in [2.45, 2.75) is 6.54 Å². The number of hydrogen-bond donors (Lipinski definition) is 0. The summed E-state index contributed by atoms with van der Waals surface area (Å²) < 4.78 is 2.14. The molecule has 0 spiro atoms. The van der Waals surface area contributed by atoms with Crippen molar-refractivity contribution in [3.8, 4) is 0 Å². The van der Waals surface area contributed by atoms with Gasteiger partial charge >= 0.3 is 0 Å². The van der Waals surface area contributed by atoms with Crippen LogP contribution in [0, 0.1) is 0 Å². The van der Waals surface area contributed by atoms with E-state index < -0.39 is 0 Å². The molecule has 4 aromatic rings. The summed E-state index contributed by atoms with van der Waals surface area (Å²) in [4.78, 5) is 29.9. The van der Waals surface area contributed by atoms with Crippen LogP contribution in [-0.4, -0.2) is 52.4 Å². The molecule has 5 nitrogen and oxygen atoms in total. The first-order chi connectivity index (χ1) is 16.1. The summed E-state index contributed by atoms with van der Waals surface area (Å²) in [5.74, 6) is -0.0187. The molecule has 0 N–H and O–H groups in total. The summed E-state index contributed by atoms with van der Waals surface area (Å²) in [5, 5.41) is 1.56. The van der Waals surface area contributed by atoms with Crippen LogP contribution in [0.25, 0.3) is 10.9 Å². The highest BCUT2D eigenvalue weighted by molar-refractivity contribution is 6.30. The van der Waals surface area contributed by atoms with E-state index in [1.165, 1.54) is 5.56 Å². The van der Waals surface area contributed by atoms with Gasteiger partial charge in [0.2, 0.25) is 0 Å². The first-order valence-corrected chi connectivity index (χ1v) is 11.4. The molecule has 2 amide bonds. The minimum atomic E-state index is -0.0294. The van der Waals surface area contributed by atoms with Crippen molar-refractivity contribution in [1.82, 2.24) is 14.4 Å². The number of amides is 2. The average molecular weight is 458 g/mol. The molecule has 1 aliphatic heterocycles. The van der Waals surface area contributed by atoms with Crippen molar-refractivity contribution in [1.29, 1.82) is 0 Å². The second-order valence-corrected chi connectivity index (χ2v) is 8.70. The van der Waals surface area contributed by atoms with Crippen LogP contribution in [0.1, 0.15) is 26.3 Å². The number of piperazine rings is 1. The van der Waals surface area contributed by atoms with Crippen LogP contribution in [0.4, 0.5) is 0 Å². The number of rotatable bonds is 4. The quantitative estimate of drug-likeness (QED) is 0.435. The molecule has 0 bridgehead atoms. The molecule has 0 atom stereocenters. The number of benzene rings is 3. The Kier molecular flexibility index (Phi) is 5.88. The molecule has 0 radical (unpaired) electrons. The smallest absolute Gasteiger partial charge is 0.256 e. The van der Waals surface area contributed by atoms with Crippen molar-refractivity contribution >= 4 is 34.3 Å². The Morgan fingerprint density at radius 3 is 2.03 bits per heavy atom. The maximum absolute atomic E-state index is 13.5. The summed E-state index contributed by atoms with van der Waals surface area (Å²) in [6, 6.07) is 25.2. The zero-order chi connectivity index (χ0) is 22.8. The number of nitrogens with zero attached hydrogens (tertiary/aromatic N) is 3. The lowest BCUT2D eigenvalue weighted by Gasteiger charge is -2.34. The van der Waals surface area contributed by atoms with Gasteiger partial charge in [-0.3, -0.25) is 9.59 Å². The van der Waals surface area contributed by atoms with Gasteiger partial charge in [-0.05, 0) is 35.9 Å². The lowest BCUT2D eigenvalue weighted by atomic mass is 10.1. The Morgan fingerprint density at radius 2 is 1.33 bits per heavy atom. The van der Waals surface area contributed by atoms with Crippen LogP contribution >= 0.6 is 11.6 Å². The molecule has 1 fully saturated rings. The Bertz CT molecular complexity index is 1290. The number of para-hydroxylation sites is 1. The van der Waals surface area contributed by atoms with Gasteiger partial charge in [0.1, 0.15) is 0 Å². The van der Waals surface area contributed by atoms with E-state index in [9.17, 15) is 9.59 Å². The Balaban J connectivity index is 1.32. The molecule has 1 saturated heterocycles. The summed E-state index contributed by atoms with van der Waals surface area (Å²) >= 11 is 5.93. The third kappa shape index (κ3) is 4.37. The zero-order valence-corrected chi connectivity index (χ0v) is 18.9. The minimum Gasteiger partial charge on any atom is -0.342 e. The van der Waals surface area contributed by atoms with Gasteiger partial charge in [-0.2, -0.15) is 0 Å². The normalized spacial score (nSPS) is 14.0. The number of carbonyl (C=O) groups is 2. The van der Waals surface area contributed by atoms with E-state index >= 15 is 0 Å². The topological polar surface area (TPSA) is 45.6 Å². The van der Waals surface area contributed by atoms with Gasteiger partial charge in [0.25, 0.3) is 11.8 Å². The first-order valence-electron chi connectivity index (χ1n) is 11.1. The fraction of sp³-hybridized carbons (Fsp3) is 0.185. The molecule has 2 heterocycles.